The van der Waals surface area contributed by atoms with E-state index < -0.39 is 5.66 Å². The number of amides is 1. The minimum Gasteiger partial charge on any atom is -0.493 e. The van der Waals surface area contributed by atoms with Gasteiger partial charge in [0.1, 0.15) is 11.4 Å². The van der Waals surface area contributed by atoms with Gasteiger partial charge in [-0.1, -0.05) is 74.5 Å². The van der Waals surface area contributed by atoms with Gasteiger partial charge in [0.05, 0.1) is 12.2 Å². The Morgan fingerprint density at radius 2 is 1.61 bits per heavy atom. The number of para-hydroxylation sites is 2. The molecule has 0 aromatic heterocycles. The van der Waals surface area contributed by atoms with E-state index in [1.807, 2.05) is 65.6 Å². The van der Waals surface area contributed by atoms with Crippen LogP contribution in [0.5, 0.6) is 5.75 Å². The molecule has 1 aliphatic rings. The molecule has 1 N–H and O–H groups in total. The molecule has 4 heteroatoms. The normalized spacial score (nSPS) is 17.9. The fraction of sp³-hybridized carbons (Fsp3) is 0.296. The molecule has 0 fully saturated rings. The molecule has 0 saturated heterocycles. The molecular weight excluding hydrogens is 384 g/mol. The van der Waals surface area contributed by atoms with Crippen molar-refractivity contribution >= 4 is 11.6 Å². The molecule has 1 unspecified atom stereocenters. The van der Waals surface area contributed by atoms with Gasteiger partial charge in [-0.15, -0.1) is 0 Å². The van der Waals surface area contributed by atoms with Crippen molar-refractivity contribution in [3.05, 3.63) is 95.6 Å². The van der Waals surface area contributed by atoms with Gasteiger partial charge in [-0.3, -0.25) is 4.79 Å². The predicted octanol–water partition coefficient (Wildman–Crippen LogP) is 6.05. The summed E-state index contributed by atoms with van der Waals surface area (Å²) in [5, 5.41) is 3.66. The Labute approximate surface area is 184 Å². The van der Waals surface area contributed by atoms with E-state index in [0.29, 0.717) is 24.6 Å². The van der Waals surface area contributed by atoms with Crippen LogP contribution in [-0.4, -0.2) is 17.4 Å². The molecule has 0 spiro atoms. The molecule has 1 heterocycles. The van der Waals surface area contributed by atoms with E-state index in [-0.39, 0.29) is 5.91 Å². The number of anilines is 1. The van der Waals surface area contributed by atoms with E-state index in [1.165, 1.54) is 0 Å². The number of hydrogen-bond acceptors (Lipinski definition) is 3. The second-order valence-corrected chi connectivity index (χ2v) is 8.65. The van der Waals surface area contributed by atoms with E-state index in [2.05, 4.69) is 44.3 Å². The van der Waals surface area contributed by atoms with Crippen molar-refractivity contribution in [1.82, 2.24) is 4.90 Å². The lowest BCUT2D eigenvalue weighted by molar-refractivity contribution is 0.0502. The lowest BCUT2D eigenvalue weighted by atomic mass is 9.92. The van der Waals surface area contributed by atoms with Gasteiger partial charge in [-0.2, -0.15) is 0 Å². The number of rotatable bonds is 7. The summed E-state index contributed by atoms with van der Waals surface area (Å²) in [6, 6.07) is 25.9. The summed E-state index contributed by atoms with van der Waals surface area (Å²) in [7, 11) is 0. The van der Waals surface area contributed by atoms with Crippen LogP contribution in [0.3, 0.4) is 0 Å². The highest BCUT2D eigenvalue weighted by molar-refractivity contribution is 6.02. The van der Waals surface area contributed by atoms with Crippen molar-refractivity contribution in [3.63, 3.8) is 0 Å². The van der Waals surface area contributed by atoms with Crippen LogP contribution in [0.4, 0.5) is 5.69 Å². The average Bonchev–Trinajstić information content (AvgIpc) is 2.77. The van der Waals surface area contributed by atoms with E-state index in [1.54, 1.807) is 0 Å². The Morgan fingerprint density at radius 3 is 2.39 bits per heavy atom. The van der Waals surface area contributed by atoms with Crippen LogP contribution in [0.1, 0.15) is 48.7 Å². The van der Waals surface area contributed by atoms with Crippen LogP contribution < -0.4 is 10.1 Å². The zero-order chi connectivity index (χ0) is 21.8. The van der Waals surface area contributed by atoms with Gasteiger partial charge in [0.2, 0.25) is 0 Å². The van der Waals surface area contributed by atoms with E-state index in [9.17, 15) is 4.79 Å². The summed E-state index contributed by atoms with van der Waals surface area (Å²) in [5.74, 6) is 1.39. The second-order valence-electron chi connectivity index (χ2n) is 8.65. The summed E-state index contributed by atoms with van der Waals surface area (Å²) in [5.41, 5.74) is 2.82. The molecule has 0 saturated carbocycles. The van der Waals surface area contributed by atoms with Gasteiger partial charge >= 0.3 is 0 Å². The molecule has 0 aliphatic carbocycles. The first-order valence-corrected chi connectivity index (χ1v) is 10.9. The number of ether oxygens (including phenoxy) is 1. The Balaban J connectivity index is 1.77. The smallest absolute Gasteiger partial charge is 0.258 e. The number of benzene rings is 3. The third kappa shape index (κ3) is 4.29. The zero-order valence-electron chi connectivity index (χ0n) is 18.5. The van der Waals surface area contributed by atoms with E-state index >= 15 is 0 Å². The maximum Gasteiger partial charge on any atom is 0.258 e. The number of fused-ring (bicyclic) bond motifs is 1. The maximum atomic E-state index is 13.7. The van der Waals surface area contributed by atoms with Crippen LogP contribution in [-0.2, 0) is 12.2 Å². The van der Waals surface area contributed by atoms with Crippen molar-refractivity contribution in [2.24, 2.45) is 5.92 Å². The van der Waals surface area contributed by atoms with Crippen LogP contribution in [0.2, 0.25) is 0 Å². The lowest BCUT2D eigenvalue weighted by Crippen LogP contribution is -2.55. The first-order chi connectivity index (χ1) is 15.0. The quantitative estimate of drug-likeness (QED) is 0.511. The molecule has 1 atom stereocenters. The van der Waals surface area contributed by atoms with Gasteiger partial charge in [-0.25, -0.2) is 0 Å². The first kappa shape index (κ1) is 21.0. The van der Waals surface area contributed by atoms with Crippen LogP contribution >= 0.6 is 0 Å². The van der Waals surface area contributed by atoms with Crippen molar-refractivity contribution in [1.29, 1.82) is 0 Å². The molecule has 0 radical (unpaired) electrons. The summed E-state index contributed by atoms with van der Waals surface area (Å²) in [4.78, 5) is 15.6. The van der Waals surface area contributed by atoms with Crippen molar-refractivity contribution in [2.75, 3.05) is 11.9 Å². The second kappa shape index (κ2) is 8.84. The largest absolute Gasteiger partial charge is 0.493 e. The van der Waals surface area contributed by atoms with Crippen LogP contribution in [0.25, 0.3) is 0 Å². The van der Waals surface area contributed by atoms with Crippen molar-refractivity contribution < 1.29 is 9.53 Å². The monoisotopic (exact) mass is 414 g/mol. The number of hydrogen-bond donors (Lipinski definition) is 1. The first-order valence-electron chi connectivity index (χ1n) is 10.9. The summed E-state index contributed by atoms with van der Waals surface area (Å²) < 4.78 is 6.21. The van der Waals surface area contributed by atoms with E-state index in [4.69, 9.17) is 4.74 Å². The summed E-state index contributed by atoms with van der Waals surface area (Å²) >= 11 is 0. The fourth-order valence-electron chi connectivity index (χ4n) is 4.06. The number of nitrogens with zero attached hydrogens (tertiary/aromatic N) is 1. The van der Waals surface area contributed by atoms with E-state index in [0.717, 1.165) is 29.0 Å². The number of carbonyl (C=O) groups is 1. The summed E-state index contributed by atoms with van der Waals surface area (Å²) in [6.07, 6.45) is 0.980. The molecule has 4 rings (SSSR count). The third-order valence-corrected chi connectivity index (χ3v) is 5.87. The van der Waals surface area contributed by atoms with Gasteiger partial charge in [-0.05, 0) is 43.0 Å². The lowest BCUT2D eigenvalue weighted by Gasteiger charge is -2.47. The molecule has 0 bridgehead atoms. The maximum absolute atomic E-state index is 13.7. The van der Waals surface area contributed by atoms with Crippen LogP contribution in [0.15, 0.2) is 78.9 Å². The topological polar surface area (TPSA) is 41.6 Å². The Kier molecular flexibility index (Phi) is 5.99. The predicted molar refractivity (Wildman–Crippen MR) is 125 cm³/mol. The number of carbonyl (C=O) groups excluding carboxylic acids is 1. The minimum atomic E-state index is -0.754. The molecule has 1 aliphatic heterocycles. The zero-order valence-corrected chi connectivity index (χ0v) is 18.5. The van der Waals surface area contributed by atoms with Crippen molar-refractivity contribution in [2.45, 2.75) is 39.4 Å². The highest BCUT2D eigenvalue weighted by atomic mass is 16.5. The molecule has 1 amide bonds. The highest BCUT2D eigenvalue weighted by Gasteiger charge is 2.44. The Bertz CT molecular complexity index is 1050. The molecule has 160 valence electrons. The van der Waals surface area contributed by atoms with Gasteiger partial charge < -0.3 is 15.0 Å². The molecule has 31 heavy (non-hydrogen) atoms. The standard InChI is InChI=1S/C27H30N2O2/c1-20(2)17-18-31-25-16-10-8-14-23(25)27(3)28-24-15-9-7-13-22(24)26(30)29(27)19-21-11-5-4-6-12-21/h4-16,20,28H,17-19H2,1-3H3. The molecule has 4 nitrogen and oxygen atoms in total. The fourth-order valence-corrected chi connectivity index (χ4v) is 4.06. The molecular formula is C27H30N2O2. The molecule has 3 aromatic carbocycles. The Morgan fingerprint density at radius 1 is 0.935 bits per heavy atom. The van der Waals surface area contributed by atoms with Crippen molar-refractivity contribution in [3.8, 4) is 5.75 Å². The number of nitrogens with one attached hydrogen (secondary N) is 1. The highest BCUT2D eigenvalue weighted by Crippen LogP contribution is 2.42. The van der Waals surface area contributed by atoms with Gasteiger partial charge in [0.15, 0.2) is 0 Å². The Hall–Kier alpha value is -3.27. The van der Waals surface area contributed by atoms with Crippen LogP contribution in [0, 0.1) is 5.92 Å². The minimum absolute atomic E-state index is 0.0117. The van der Waals surface area contributed by atoms with Gasteiger partial charge in [0, 0.05) is 17.8 Å². The summed E-state index contributed by atoms with van der Waals surface area (Å²) in [6.45, 7) is 7.59. The molecule has 3 aromatic rings. The van der Waals surface area contributed by atoms with Gasteiger partial charge in [0.25, 0.3) is 5.91 Å². The average molecular weight is 415 g/mol. The third-order valence-electron chi connectivity index (χ3n) is 5.87. The SMILES string of the molecule is CC(C)CCOc1ccccc1C1(C)Nc2ccccc2C(=O)N1Cc1ccccc1.